The first-order chi connectivity index (χ1) is 9.97. The van der Waals surface area contributed by atoms with Gasteiger partial charge in [0.1, 0.15) is 11.3 Å². The highest BCUT2D eigenvalue weighted by atomic mass is 16.6. The van der Waals surface area contributed by atoms with Crippen LogP contribution in [0.4, 0.5) is 10.5 Å². The molecule has 120 valence electrons. The van der Waals surface area contributed by atoms with E-state index in [0.717, 1.165) is 0 Å². The molecule has 2 N–H and O–H groups in total. The Balaban J connectivity index is 2.85. The lowest BCUT2D eigenvalue weighted by molar-refractivity contribution is -0.384. The predicted octanol–water partition coefficient (Wildman–Crippen LogP) is 2.57. The standard InChI is InChI=1S/C14H18N2O6/c1-13(2,3)14(4,11(17)18)15-12(19)22-10-7-5-9(6-8-10)16(20)21/h5-8H,1-4H3,(H,15,19)(H,17,18)/t14-/m1/s1. The number of ether oxygens (including phenoxy) is 1. The Morgan fingerprint density at radius 2 is 1.68 bits per heavy atom. The molecule has 0 aliphatic heterocycles. The Morgan fingerprint density at radius 1 is 1.18 bits per heavy atom. The van der Waals surface area contributed by atoms with Gasteiger partial charge in [-0.15, -0.1) is 0 Å². The fourth-order valence-corrected chi connectivity index (χ4v) is 1.53. The normalized spacial score (nSPS) is 13.8. The largest absolute Gasteiger partial charge is 0.479 e. The van der Waals surface area contributed by atoms with Crippen molar-refractivity contribution in [2.75, 3.05) is 0 Å². The summed E-state index contributed by atoms with van der Waals surface area (Å²) in [5.41, 5.74) is -2.43. The van der Waals surface area contributed by atoms with Crippen LogP contribution in [0.2, 0.25) is 0 Å². The number of carboxylic acid groups (broad SMARTS) is 1. The average Bonchev–Trinajstić information content (AvgIpc) is 2.37. The van der Waals surface area contributed by atoms with Gasteiger partial charge in [-0.1, -0.05) is 20.8 Å². The smallest absolute Gasteiger partial charge is 0.413 e. The number of amides is 1. The number of aliphatic carboxylic acids is 1. The zero-order valence-electron chi connectivity index (χ0n) is 12.7. The van der Waals surface area contributed by atoms with E-state index in [4.69, 9.17) is 4.74 Å². The maximum absolute atomic E-state index is 11.9. The van der Waals surface area contributed by atoms with Crippen molar-refractivity contribution in [3.63, 3.8) is 0 Å². The summed E-state index contributed by atoms with van der Waals surface area (Å²) < 4.78 is 4.95. The van der Waals surface area contributed by atoms with E-state index in [1.165, 1.54) is 31.2 Å². The van der Waals surface area contributed by atoms with Gasteiger partial charge in [-0.05, 0) is 24.5 Å². The second-order valence-corrected chi connectivity index (χ2v) is 5.95. The average molecular weight is 310 g/mol. The number of carbonyl (C=O) groups is 2. The van der Waals surface area contributed by atoms with Crippen molar-refractivity contribution in [1.29, 1.82) is 0 Å². The van der Waals surface area contributed by atoms with Crippen LogP contribution in [0.3, 0.4) is 0 Å². The van der Waals surface area contributed by atoms with Crippen molar-refractivity contribution in [2.45, 2.75) is 33.2 Å². The lowest BCUT2D eigenvalue weighted by atomic mass is 9.75. The molecule has 22 heavy (non-hydrogen) atoms. The summed E-state index contributed by atoms with van der Waals surface area (Å²) in [6.45, 7) is 6.40. The number of non-ortho nitro benzene ring substituents is 1. The second-order valence-electron chi connectivity index (χ2n) is 5.95. The molecule has 0 saturated heterocycles. The molecule has 0 unspecified atom stereocenters. The SMILES string of the molecule is CC(C)(C)[C@](C)(NC(=O)Oc1ccc([N+](=O)[O-])cc1)C(=O)O. The van der Waals surface area contributed by atoms with Crippen molar-refractivity contribution in [1.82, 2.24) is 5.32 Å². The van der Waals surface area contributed by atoms with E-state index in [0.29, 0.717) is 0 Å². The van der Waals surface area contributed by atoms with Crippen molar-refractivity contribution in [3.8, 4) is 5.75 Å². The number of nitrogens with one attached hydrogen (secondary N) is 1. The van der Waals surface area contributed by atoms with Gasteiger partial charge >= 0.3 is 12.1 Å². The molecule has 0 saturated carbocycles. The van der Waals surface area contributed by atoms with E-state index in [9.17, 15) is 24.8 Å². The number of nitro groups is 1. The molecule has 0 heterocycles. The lowest BCUT2D eigenvalue weighted by Crippen LogP contribution is -2.60. The summed E-state index contributed by atoms with van der Waals surface area (Å²) >= 11 is 0. The van der Waals surface area contributed by atoms with Crippen LogP contribution >= 0.6 is 0 Å². The van der Waals surface area contributed by atoms with Gasteiger partial charge in [-0.2, -0.15) is 0 Å². The quantitative estimate of drug-likeness (QED) is 0.651. The van der Waals surface area contributed by atoms with Crippen LogP contribution in [0.25, 0.3) is 0 Å². The Labute approximate surface area is 127 Å². The van der Waals surface area contributed by atoms with E-state index in [2.05, 4.69) is 5.32 Å². The summed E-state index contributed by atoms with van der Waals surface area (Å²) in [5, 5.41) is 22.2. The molecule has 1 aromatic rings. The molecule has 0 aromatic heterocycles. The van der Waals surface area contributed by atoms with Crippen LogP contribution in [0.15, 0.2) is 24.3 Å². The monoisotopic (exact) mass is 310 g/mol. The molecule has 0 aliphatic carbocycles. The van der Waals surface area contributed by atoms with Gasteiger partial charge in [0.15, 0.2) is 0 Å². The van der Waals surface area contributed by atoms with Crippen LogP contribution in [-0.2, 0) is 4.79 Å². The number of carboxylic acids is 1. The molecule has 0 bridgehead atoms. The molecule has 1 aromatic carbocycles. The summed E-state index contributed by atoms with van der Waals surface area (Å²) in [5.74, 6) is -1.12. The van der Waals surface area contributed by atoms with Crippen molar-refractivity contribution in [3.05, 3.63) is 34.4 Å². The summed E-state index contributed by atoms with van der Waals surface area (Å²) in [6, 6.07) is 4.88. The Morgan fingerprint density at radius 3 is 2.05 bits per heavy atom. The zero-order valence-corrected chi connectivity index (χ0v) is 12.7. The third kappa shape index (κ3) is 3.72. The number of carbonyl (C=O) groups excluding carboxylic acids is 1. The highest BCUT2D eigenvalue weighted by Crippen LogP contribution is 2.30. The first-order valence-corrected chi connectivity index (χ1v) is 6.45. The van der Waals surface area contributed by atoms with Gasteiger partial charge < -0.3 is 15.2 Å². The highest BCUT2D eigenvalue weighted by molar-refractivity contribution is 5.85. The second kappa shape index (κ2) is 6.00. The Bertz CT molecular complexity index is 590. The van der Waals surface area contributed by atoms with Gasteiger partial charge in [0.25, 0.3) is 5.69 Å². The zero-order chi connectivity index (χ0) is 17.1. The minimum absolute atomic E-state index is 0.0738. The molecule has 1 amide bonds. The van der Waals surface area contributed by atoms with E-state index in [1.54, 1.807) is 20.8 Å². The lowest BCUT2D eigenvalue weighted by Gasteiger charge is -2.38. The van der Waals surface area contributed by atoms with Crippen molar-refractivity contribution >= 4 is 17.7 Å². The van der Waals surface area contributed by atoms with E-state index < -0.39 is 27.9 Å². The van der Waals surface area contributed by atoms with Crippen LogP contribution in [0.5, 0.6) is 5.75 Å². The fourth-order valence-electron chi connectivity index (χ4n) is 1.53. The first-order valence-electron chi connectivity index (χ1n) is 6.45. The molecular weight excluding hydrogens is 292 g/mol. The molecule has 1 atom stereocenters. The summed E-state index contributed by atoms with van der Waals surface area (Å²) in [4.78, 5) is 33.2. The van der Waals surface area contributed by atoms with Gasteiger partial charge in [-0.25, -0.2) is 9.59 Å². The maximum atomic E-state index is 11.9. The number of benzene rings is 1. The predicted molar refractivity (Wildman–Crippen MR) is 77.8 cm³/mol. The van der Waals surface area contributed by atoms with Gasteiger partial charge in [0.2, 0.25) is 0 Å². The van der Waals surface area contributed by atoms with Crippen LogP contribution in [0, 0.1) is 15.5 Å². The van der Waals surface area contributed by atoms with Crippen LogP contribution in [0.1, 0.15) is 27.7 Å². The highest BCUT2D eigenvalue weighted by Gasteiger charge is 2.46. The number of hydrogen-bond acceptors (Lipinski definition) is 5. The van der Waals surface area contributed by atoms with E-state index in [-0.39, 0.29) is 11.4 Å². The Hall–Kier alpha value is -2.64. The van der Waals surface area contributed by atoms with Gasteiger partial charge in [0.05, 0.1) is 4.92 Å². The topological polar surface area (TPSA) is 119 Å². The van der Waals surface area contributed by atoms with E-state index >= 15 is 0 Å². The molecule has 0 fully saturated rings. The minimum atomic E-state index is -1.54. The molecule has 1 rings (SSSR count). The summed E-state index contributed by atoms with van der Waals surface area (Å²) in [6.07, 6.45) is -0.950. The molecule has 8 nitrogen and oxygen atoms in total. The van der Waals surface area contributed by atoms with Gasteiger partial charge in [-0.3, -0.25) is 10.1 Å². The van der Waals surface area contributed by atoms with E-state index in [1.807, 2.05) is 0 Å². The number of nitrogens with zero attached hydrogens (tertiary/aromatic N) is 1. The third-order valence-corrected chi connectivity index (χ3v) is 3.54. The fraction of sp³-hybridized carbons (Fsp3) is 0.429. The molecule has 0 aliphatic rings. The molecule has 8 heteroatoms. The first kappa shape index (κ1) is 17.4. The van der Waals surface area contributed by atoms with Crippen LogP contribution in [-0.4, -0.2) is 27.6 Å². The third-order valence-electron chi connectivity index (χ3n) is 3.54. The summed E-state index contributed by atoms with van der Waals surface area (Å²) in [7, 11) is 0. The molecule has 0 spiro atoms. The number of hydrogen-bond donors (Lipinski definition) is 2. The molecular formula is C14H18N2O6. The van der Waals surface area contributed by atoms with Crippen molar-refractivity contribution in [2.24, 2.45) is 5.41 Å². The number of nitro benzene ring substituents is 1. The number of rotatable bonds is 4. The van der Waals surface area contributed by atoms with Gasteiger partial charge in [0, 0.05) is 12.1 Å². The maximum Gasteiger partial charge on any atom is 0.413 e. The minimum Gasteiger partial charge on any atom is -0.479 e. The molecule has 0 radical (unpaired) electrons. The Kier molecular flexibility index (Phi) is 4.75. The van der Waals surface area contributed by atoms with Crippen LogP contribution < -0.4 is 10.1 Å². The van der Waals surface area contributed by atoms with Crippen molar-refractivity contribution < 1.29 is 24.4 Å².